The second kappa shape index (κ2) is 4.84. The number of hydrogen-bond acceptors (Lipinski definition) is 3. The highest BCUT2D eigenvalue weighted by atomic mass is 16.5. The summed E-state index contributed by atoms with van der Waals surface area (Å²) >= 11 is 0. The molecule has 0 atom stereocenters. The Labute approximate surface area is 85.3 Å². The van der Waals surface area contributed by atoms with Crippen LogP contribution in [0.15, 0.2) is 12.3 Å². The third-order valence-corrected chi connectivity index (χ3v) is 1.99. The number of pyridine rings is 1. The molecule has 0 unspecified atom stereocenters. The van der Waals surface area contributed by atoms with Crippen molar-refractivity contribution in [2.75, 3.05) is 12.3 Å². The predicted octanol–water partition coefficient (Wildman–Crippen LogP) is 2.58. The van der Waals surface area contributed by atoms with E-state index in [0.29, 0.717) is 18.2 Å². The zero-order valence-electron chi connectivity index (χ0n) is 9.08. The van der Waals surface area contributed by atoms with Gasteiger partial charge in [-0.25, -0.2) is 0 Å². The predicted molar refractivity (Wildman–Crippen MR) is 58.5 cm³/mol. The molecule has 0 fully saturated rings. The maximum atomic E-state index is 5.94. The van der Waals surface area contributed by atoms with Crippen LogP contribution in [0, 0.1) is 0 Å². The van der Waals surface area contributed by atoms with Gasteiger partial charge in [0.15, 0.2) is 0 Å². The molecule has 0 spiro atoms. The molecule has 3 nitrogen and oxygen atoms in total. The van der Waals surface area contributed by atoms with E-state index in [1.54, 1.807) is 6.20 Å². The van der Waals surface area contributed by atoms with Crippen molar-refractivity contribution in [2.24, 2.45) is 0 Å². The maximum absolute atomic E-state index is 5.94. The van der Waals surface area contributed by atoms with Gasteiger partial charge in [0.1, 0.15) is 5.75 Å². The molecule has 0 amide bonds. The summed E-state index contributed by atoms with van der Waals surface area (Å²) < 4.78 is 5.51. The van der Waals surface area contributed by atoms with Gasteiger partial charge in [-0.15, -0.1) is 0 Å². The maximum Gasteiger partial charge on any atom is 0.145 e. The highest BCUT2D eigenvalue weighted by molar-refractivity contribution is 5.56. The van der Waals surface area contributed by atoms with Crippen molar-refractivity contribution in [1.29, 1.82) is 0 Å². The molecular weight excluding hydrogens is 176 g/mol. The van der Waals surface area contributed by atoms with Gasteiger partial charge in [-0.1, -0.05) is 20.8 Å². The Morgan fingerprint density at radius 3 is 2.79 bits per heavy atom. The number of ether oxygens (including phenoxy) is 1. The van der Waals surface area contributed by atoms with Gasteiger partial charge in [0.2, 0.25) is 0 Å². The third kappa shape index (κ3) is 2.37. The molecule has 0 saturated heterocycles. The summed E-state index contributed by atoms with van der Waals surface area (Å²) in [6, 6.07) is 1.82. The quantitative estimate of drug-likeness (QED) is 0.801. The smallest absolute Gasteiger partial charge is 0.145 e. The molecule has 0 saturated carbocycles. The first-order valence-corrected chi connectivity index (χ1v) is 5.04. The van der Waals surface area contributed by atoms with Crippen LogP contribution < -0.4 is 10.5 Å². The normalized spacial score (nSPS) is 10.6. The first-order valence-electron chi connectivity index (χ1n) is 5.04. The molecule has 2 N–H and O–H groups in total. The van der Waals surface area contributed by atoms with Gasteiger partial charge in [-0.2, -0.15) is 0 Å². The SMILES string of the molecule is CCCOc1ccnc(C(C)C)c1N. The highest BCUT2D eigenvalue weighted by Crippen LogP contribution is 2.28. The van der Waals surface area contributed by atoms with E-state index in [0.717, 1.165) is 17.9 Å². The minimum Gasteiger partial charge on any atom is -0.491 e. The second-order valence-electron chi connectivity index (χ2n) is 3.61. The molecule has 0 aliphatic heterocycles. The lowest BCUT2D eigenvalue weighted by atomic mass is 10.1. The third-order valence-electron chi connectivity index (χ3n) is 1.99. The van der Waals surface area contributed by atoms with Gasteiger partial charge in [-0.05, 0) is 12.3 Å². The summed E-state index contributed by atoms with van der Waals surface area (Å²) in [5.41, 5.74) is 7.53. The Hall–Kier alpha value is -1.25. The van der Waals surface area contributed by atoms with Gasteiger partial charge in [0.25, 0.3) is 0 Å². The van der Waals surface area contributed by atoms with E-state index in [4.69, 9.17) is 10.5 Å². The number of anilines is 1. The van der Waals surface area contributed by atoms with Crippen molar-refractivity contribution < 1.29 is 4.74 Å². The summed E-state index contributed by atoms with van der Waals surface area (Å²) in [4.78, 5) is 4.24. The van der Waals surface area contributed by atoms with E-state index in [1.807, 2.05) is 6.07 Å². The van der Waals surface area contributed by atoms with Crippen molar-refractivity contribution >= 4 is 5.69 Å². The number of aromatic nitrogens is 1. The molecule has 1 heterocycles. The number of nitrogen functional groups attached to an aromatic ring is 1. The molecule has 78 valence electrons. The number of nitrogens with two attached hydrogens (primary N) is 1. The molecule has 1 aromatic rings. The topological polar surface area (TPSA) is 48.1 Å². The van der Waals surface area contributed by atoms with E-state index >= 15 is 0 Å². The van der Waals surface area contributed by atoms with Crippen molar-refractivity contribution in [3.05, 3.63) is 18.0 Å². The standard InChI is InChI=1S/C11H18N2O/c1-4-7-14-9-5-6-13-11(8(2)3)10(9)12/h5-6,8H,4,7,12H2,1-3H3. The average molecular weight is 194 g/mol. The molecule has 0 bridgehead atoms. The highest BCUT2D eigenvalue weighted by Gasteiger charge is 2.09. The fourth-order valence-electron chi connectivity index (χ4n) is 1.27. The largest absolute Gasteiger partial charge is 0.491 e. The van der Waals surface area contributed by atoms with Crippen LogP contribution in [0.25, 0.3) is 0 Å². The molecule has 3 heteroatoms. The van der Waals surface area contributed by atoms with E-state index < -0.39 is 0 Å². The Bertz CT molecular complexity index is 297. The van der Waals surface area contributed by atoms with Crippen LogP contribution in [0.3, 0.4) is 0 Å². The fraction of sp³-hybridized carbons (Fsp3) is 0.545. The van der Waals surface area contributed by atoms with Gasteiger partial charge < -0.3 is 10.5 Å². The lowest BCUT2D eigenvalue weighted by molar-refractivity contribution is 0.318. The second-order valence-corrected chi connectivity index (χ2v) is 3.61. The van der Waals surface area contributed by atoms with Crippen LogP contribution in [-0.4, -0.2) is 11.6 Å². The molecule has 14 heavy (non-hydrogen) atoms. The molecular formula is C11H18N2O. The van der Waals surface area contributed by atoms with Gasteiger partial charge in [-0.3, -0.25) is 4.98 Å². The number of hydrogen-bond donors (Lipinski definition) is 1. The molecule has 0 radical (unpaired) electrons. The molecule has 0 aliphatic carbocycles. The summed E-state index contributed by atoms with van der Waals surface area (Å²) in [6.07, 6.45) is 2.73. The van der Waals surface area contributed by atoms with E-state index in [9.17, 15) is 0 Å². The Balaban J connectivity index is 2.89. The Morgan fingerprint density at radius 1 is 1.50 bits per heavy atom. The Morgan fingerprint density at radius 2 is 2.21 bits per heavy atom. The van der Waals surface area contributed by atoms with Crippen LogP contribution in [0.5, 0.6) is 5.75 Å². The minimum atomic E-state index is 0.333. The van der Waals surface area contributed by atoms with Gasteiger partial charge in [0, 0.05) is 12.3 Å². The number of nitrogens with zero attached hydrogens (tertiary/aromatic N) is 1. The summed E-state index contributed by atoms with van der Waals surface area (Å²) in [5, 5.41) is 0. The van der Waals surface area contributed by atoms with Crippen LogP contribution >= 0.6 is 0 Å². The van der Waals surface area contributed by atoms with E-state index in [-0.39, 0.29) is 0 Å². The zero-order chi connectivity index (χ0) is 10.6. The number of rotatable bonds is 4. The monoisotopic (exact) mass is 194 g/mol. The lowest BCUT2D eigenvalue weighted by Gasteiger charge is -2.12. The lowest BCUT2D eigenvalue weighted by Crippen LogP contribution is -2.04. The van der Waals surface area contributed by atoms with Crippen molar-refractivity contribution in [3.63, 3.8) is 0 Å². The van der Waals surface area contributed by atoms with Crippen LogP contribution in [0.1, 0.15) is 38.8 Å². The summed E-state index contributed by atoms with van der Waals surface area (Å²) in [6.45, 7) is 6.91. The summed E-state index contributed by atoms with van der Waals surface area (Å²) in [7, 11) is 0. The zero-order valence-corrected chi connectivity index (χ0v) is 9.08. The van der Waals surface area contributed by atoms with Crippen LogP contribution in [0.4, 0.5) is 5.69 Å². The van der Waals surface area contributed by atoms with E-state index in [1.165, 1.54) is 0 Å². The van der Waals surface area contributed by atoms with Crippen LogP contribution in [-0.2, 0) is 0 Å². The first kappa shape index (κ1) is 10.8. The average Bonchev–Trinajstić information content (AvgIpc) is 2.16. The van der Waals surface area contributed by atoms with Crippen LogP contribution in [0.2, 0.25) is 0 Å². The van der Waals surface area contributed by atoms with Gasteiger partial charge in [0.05, 0.1) is 18.0 Å². The minimum absolute atomic E-state index is 0.333. The fourth-order valence-corrected chi connectivity index (χ4v) is 1.27. The van der Waals surface area contributed by atoms with Gasteiger partial charge >= 0.3 is 0 Å². The van der Waals surface area contributed by atoms with E-state index in [2.05, 4.69) is 25.8 Å². The molecule has 0 aliphatic rings. The molecule has 1 rings (SSSR count). The van der Waals surface area contributed by atoms with Crippen molar-refractivity contribution in [1.82, 2.24) is 4.98 Å². The van der Waals surface area contributed by atoms with Crippen molar-refractivity contribution in [2.45, 2.75) is 33.1 Å². The summed E-state index contributed by atoms with van der Waals surface area (Å²) in [5.74, 6) is 1.09. The van der Waals surface area contributed by atoms with Crippen molar-refractivity contribution in [3.8, 4) is 5.75 Å². The Kier molecular flexibility index (Phi) is 3.74. The molecule has 0 aromatic carbocycles. The molecule has 1 aromatic heterocycles. The first-order chi connectivity index (χ1) is 6.66.